The zero-order chi connectivity index (χ0) is 16.1. The molecule has 0 saturated carbocycles. The summed E-state index contributed by atoms with van der Waals surface area (Å²) in [5, 5.41) is 0. The van der Waals surface area contributed by atoms with Gasteiger partial charge in [0.05, 0.1) is 0 Å². The van der Waals surface area contributed by atoms with Gasteiger partial charge in [-0.05, 0) is 29.7 Å². The normalized spacial score (nSPS) is 10.1. The summed E-state index contributed by atoms with van der Waals surface area (Å²) in [4.78, 5) is 0. The summed E-state index contributed by atoms with van der Waals surface area (Å²) in [7, 11) is 0. The number of nitrogens with two attached hydrogens (primary N) is 1. The second kappa shape index (κ2) is 8.53. The summed E-state index contributed by atoms with van der Waals surface area (Å²) in [6.45, 7) is 3.16. The molecule has 0 saturated heterocycles. The Bertz CT molecular complexity index is 787. The van der Waals surface area contributed by atoms with Crippen LogP contribution in [0.15, 0.2) is 72.8 Å². The smallest absolute Gasteiger partial charge is 0.127 e. The molecule has 0 aliphatic heterocycles. The van der Waals surface area contributed by atoms with Gasteiger partial charge in [0, 0.05) is 12.1 Å². The van der Waals surface area contributed by atoms with Crippen molar-refractivity contribution in [3.63, 3.8) is 0 Å². The Morgan fingerprint density at radius 2 is 1.62 bits per heavy atom. The van der Waals surface area contributed by atoms with Crippen molar-refractivity contribution in [3.8, 4) is 16.9 Å². The van der Waals surface area contributed by atoms with Gasteiger partial charge in [-0.15, -0.1) is 12.4 Å². The summed E-state index contributed by atoms with van der Waals surface area (Å²) >= 11 is 0. The quantitative estimate of drug-likeness (QED) is 0.700. The Morgan fingerprint density at radius 3 is 2.33 bits per heavy atom. The van der Waals surface area contributed by atoms with Gasteiger partial charge in [0.1, 0.15) is 12.4 Å². The molecule has 3 aromatic rings. The van der Waals surface area contributed by atoms with E-state index in [-0.39, 0.29) is 12.4 Å². The maximum atomic E-state index is 6.10. The number of benzene rings is 3. The molecule has 0 heterocycles. The van der Waals surface area contributed by atoms with Crippen molar-refractivity contribution in [3.05, 3.63) is 89.5 Å². The van der Waals surface area contributed by atoms with Gasteiger partial charge in [-0.2, -0.15) is 0 Å². The van der Waals surface area contributed by atoms with E-state index in [0.29, 0.717) is 13.2 Å². The number of aryl methyl sites for hydroxylation is 1. The number of rotatable bonds is 5. The molecule has 0 bridgehead atoms. The summed E-state index contributed by atoms with van der Waals surface area (Å²) in [5.74, 6) is 0.877. The van der Waals surface area contributed by atoms with Crippen molar-refractivity contribution in [2.45, 2.75) is 20.1 Å². The molecule has 2 N–H and O–H groups in total. The standard InChI is InChI=1S/C21H21NO.ClH/c1-16-6-5-9-19(12-16)20-11-10-18(14-22)13-21(20)23-15-17-7-3-2-4-8-17;/h2-13H,14-15,22H2,1H3;1H. The van der Waals surface area contributed by atoms with Crippen LogP contribution >= 0.6 is 12.4 Å². The highest BCUT2D eigenvalue weighted by atomic mass is 35.5. The highest BCUT2D eigenvalue weighted by Gasteiger charge is 2.08. The first-order valence-electron chi connectivity index (χ1n) is 7.83. The molecule has 24 heavy (non-hydrogen) atoms. The second-order valence-electron chi connectivity index (χ2n) is 5.68. The summed E-state index contributed by atoms with van der Waals surface area (Å²) in [5.41, 5.74) is 11.5. The fourth-order valence-electron chi connectivity index (χ4n) is 2.60. The predicted octanol–water partition coefficient (Wildman–Crippen LogP) is 5.12. The molecule has 0 aliphatic carbocycles. The van der Waals surface area contributed by atoms with Crippen LogP contribution < -0.4 is 10.5 Å². The third-order valence-corrected chi connectivity index (χ3v) is 3.85. The third-order valence-electron chi connectivity index (χ3n) is 3.85. The Hall–Kier alpha value is -2.29. The molecule has 0 atom stereocenters. The van der Waals surface area contributed by atoms with E-state index in [0.717, 1.165) is 28.0 Å². The minimum absolute atomic E-state index is 0. The van der Waals surface area contributed by atoms with E-state index in [1.54, 1.807) is 0 Å². The van der Waals surface area contributed by atoms with Gasteiger partial charge in [-0.3, -0.25) is 0 Å². The Morgan fingerprint density at radius 1 is 0.833 bits per heavy atom. The Balaban J connectivity index is 0.00000208. The largest absolute Gasteiger partial charge is 0.488 e. The van der Waals surface area contributed by atoms with Crippen LogP contribution in [0.3, 0.4) is 0 Å². The molecule has 0 unspecified atom stereocenters. The number of hydrogen-bond acceptors (Lipinski definition) is 2. The maximum absolute atomic E-state index is 6.10. The molecule has 3 rings (SSSR count). The molecule has 124 valence electrons. The summed E-state index contributed by atoms with van der Waals surface area (Å²) in [6, 6.07) is 24.9. The first kappa shape index (κ1) is 18.1. The van der Waals surface area contributed by atoms with Crippen LogP contribution in [-0.4, -0.2) is 0 Å². The van der Waals surface area contributed by atoms with E-state index < -0.39 is 0 Å². The molecule has 0 aromatic heterocycles. The average molecular weight is 340 g/mol. The minimum Gasteiger partial charge on any atom is -0.488 e. The summed E-state index contributed by atoms with van der Waals surface area (Å²) in [6.07, 6.45) is 0. The van der Waals surface area contributed by atoms with Gasteiger partial charge in [0.2, 0.25) is 0 Å². The highest BCUT2D eigenvalue weighted by molar-refractivity contribution is 5.85. The fraction of sp³-hybridized carbons (Fsp3) is 0.143. The van der Waals surface area contributed by atoms with Crippen LogP contribution in [0.25, 0.3) is 11.1 Å². The monoisotopic (exact) mass is 339 g/mol. The van der Waals surface area contributed by atoms with E-state index in [2.05, 4.69) is 55.5 Å². The molecule has 0 fully saturated rings. The molecule has 0 spiro atoms. The van der Waals surface area contributed by atoms with E-state index in [9.17, 15) is 0 Å². The number of ether oxygens (including phenoxy) is 1. The minimum atomic E-state index is 0. The molecule has 0 amide bonds. The van der Waals surface area contributed by atoms with Gasteiger partial charge >= 0.3 is 0 Å². The van der Waals surface area contributed by atoms with Gasteiger partial charge in [0.15, 0.2) is 0 Å². The lowest BCUT2D eigenvalue weighted by molar-refractivity contribution is 0.307. The molecule has 3 heteroatoms. The van der Waals surface area contributed by atoms with Gasteiger partial charge in [-0.1, -0.05) is 72.3 Å². The van der Waals surface area contributed by atoms with Gasteiger partial charge in [0.25, 0.3) is 0 Å². The van der Waals surface area contributed by atoms with E-state index in [1.807, 2.05) is 24.3 Å². The fourth-order valence-corrected chi connectivity index (χ4v) is 2.60. The number of halogens is 1. The van der Waals surface area contributed by atoms with Gasteiger partial charge in [-0.25, -0.2) is 0 Å². The third kappa shape index (κ3) is 4.38. The lowest BCUT2D eigenvalue weighted by atomic mass is 10.0. The number of hydrogen-bond donors (Lipinski definition) is 1. The first-order chi connectivity index (χ1) is 11.3. The molecule has 3 aromatic carbocycles. The van der Waals surface area contributed by atoms with Crippen molar-refractivity contribution >= 4 is 12.4 Å². The molecular weight excluding hydrogens is 318 g/mol. The van der Waals surface area contributed by atoms with E-state index in [1.165, 1.54) is 5.56 Å². The van der Waals surface area contributed by atoms with E-state index >= 15 is 0 Å². The zero-order valence-electron chi connectivity index (χ0n) is 13.7. The Kier molecular flexibility index (Phi) is 6.42. The Labute approximate surface area is 149 Å². The van der Waals surface area contributed by atoms with E-state index in [4.69, 9.17) is 10.5 Å². The topological polar surface area (TPSA) is 35.2 Å². The van der Waals surface area contributed by atoms with Crippen molar-refractivity contribution in [1.82, 2.24) is 0 Å². The van der Waals surface area contributed by atoms with Gasteiger partial charge < -0.3 is 10.5 Å². The van der Waals surface area contributed by atoms with Crippen LogP contribution in [-0.2, 0) is 13.2 Å². The second-order valence-corrected chi connectivity index (χ2v) is 5.68. The summed E-state index contributed by atoms with van der Waals surface area (Å²) < 4.78 is 6.10. The maximum Gasteiger partial charge on any atom is 0.127 e. The highest BCUT2D eigenvalue weighted by Crippen LogP contribution is 2.32. The molecule has 0 radical (unpaired) electrons. The molecular formula is C21H22ClNO. The SMILES string of the molecule is Cc1cccc(-c2ccc(CN)cc2OCc2ccccc2)c1.Cl. The van der Waals surface area contributed by atoms with Crippen molar-refractivity contribution in [2.75, 3.05) is 0 Å². The lowest BCUT2D eigenvalue weighted by Gasteiger charge is -2.14. The zero-order valence-corrected chi connectivity index (χ0v) is 14.6. The van der Waals surface area contributed by atoms with Crippen molar-refractivity contribution in [2.24, 2.45) is 5.73 Å². The van der Waals surface area contributed by atoms with Crippen molar-refractivity contribution in [1.29, 1.82) is 0 Å². The van der Waals surface area contributed by atoms with Crippen LogP contribution in [0.5, 0.6) is 5.75 Å². The van der Waals surface area contributed by atoms with Crippen LogP contribution in [0.1, 0.15) is 16.7 Å². The van der Waals surface area contributed by atoms with Crippen LogP contribution in [0, 0.1) is 6.92 Å². The lowest BCUT2D eigenvalue weighted by Crippen LogP contribution is -2.00. The average Bonchev–Trinajstić information content (AvgIpc) is 2.60. The van der Waals surface area contributed by atoms with Crippen LogP contribution in [0.4, 0.5) is 0 Å². The predicted molar refractivity (Wildman–Crippen MR) is 103 cm³/mol. The van der Waals surface area contributed by atoms with Crippen molar-refractivity contribution < 1.29 is 4.74 Å². The molecule has 0 aliphatic rings. The molecule has 2 nitrogen and oxygen atoms in total. The first-order valence-corrected chi connectivity index (χ1v) is 7.83. The van der Waals surface area contributed by atoms with Crippen LogP contribution in [0.2, 0.25) is 0 Å².